The zero-order chi connectivity index (χ0) is 13.5. The quantitative estimate of drug-likeness (QED) is 0.851. The molecule has 0 bridgehead atoms. The third-order valence-corrected chi connectivity index (χ3v) is 4.67. The van der Waals surface area contributed by atoms with Gasteiger partial charge in [0.2, 0.25) is 5.91 Å². The minimum atomic E-state index is -0.546. The summed E-state index contributed by atoms with van der Waals surface area (Å²) in [4.78, 5) is 12.1. The molecule has 2 saturated carbocycles. The molecular formula is C16H22N2O. The van der Waals surface area contributed by atoms with Crippen LogP contribution in [-0.2, 0) is 4.79 Å². The third-order valence-electron chi connectivity index (χ3n) is 4.67. The largest absolute Gasteiger partial charge is 0.354 e. The minimum Gasteiger partial charge on any atom is -0.354 e. The van der Waals surface area contributed by atoms with Gasteiger partial charge in [0, 0.05) is 6.54 Å². The van der Waals surface area contributed by atoms with E-state index in [2.05, 4.69) is 5.32 Å². The number of hydrogen-bond acceptors (Lipinski definition) is 2. The Balaban J connectivity index is 1.56. The molecule has 3 N–H and O–H groups in total. The lowest BCUT2D eigenvalue weighted by Crippen LogP contribution is -2.38. The third kappa shape index (κ3) is 2.66. The van der Waals surface area contributed by atoms with E-state index in [0.717, 1.165) is 18.0 Å². The van der Waals surface area contributed by atoms with E-state index < -0.39 is 6.04 Å². The molecule has 2 fully saturated rings. The Kier molecular flexibility index (Phi) is 3.09. The molecule has 0 aliphatic heterocycles. The lowest BCUT2D eigenvalue weighted by Gasteiger charge is -2.18. The molecule has 1 aromatic rings. The van der Waals surface area contributed by atoms with Gasteiger partial charge in [-0.1, -0.05) is 29.8 Å². The van der Waals surface area contributed by atoms with E-state index >= 15 is 0 Å². The van der Waals surface area contributed by atoms with Gasteiger partial charge in [-0.3, -0.25) is 4.79 Å². The summed E-state index contributed by atoms with van der Waals surface area (Å²) in [6.07, 6.45) is 5.25. The summed E-state index contributed by atoms with van der Waals surface area (Å²) in [5, 5.41) is 3.06. The fourth-order valence-electron chi connectivity index (χ4n) is 2.88. The smallest absolute Gasteiger partial charge is 0.241 e. The Hall–Kier alpha value is -1.35. The van der Waals surface area contributed by atoms with Crippen molar-refractivity contribution in [2.75, 3.05) is 6.54 Å². The van der Waals surface area contributed by atoms with Gasteiger partial charge < -0.3 is 11.1 Å². The van der Waals surface area contributed by atoms with Gasteiger partial charge in [0.15, 0.2) is 0 Å². The maximum absolute atomic E-state index is 12.1. The molecule has 0 radical (unpaired) electrons. The predicted molar refractivity (Wildman–Crippen MR) is 75.5 cm³/mol. The molecule has 19 heavy (non-hydrogen) atoms. The van der Waals surface area contributed by atoms with Crippen molar-refractivity contribution in [2.45, 2.75) is 38.6 Å². The summed E-state index contributed by atoms with van der Waals surface area (Å²) >= 11 is 0. The topological polar surface area (TPSA) is 55.1 Å². The Morgan fingerprint density at radius 1 is 1.37 bits per heavy atom. The number of rotatable bonds is 5. The highest BCUT2D eigenvalue weighted by molar-refractivity contribution is 5.83. The van der Waals surface area contributed by atoms with Crippen LogP contribution in [0.1, 0.15) is 42.9 Å². The Morgan fingerprint density at radius 2 is 2.00 bits per heavy atom. The van der Waals surface area contributed by atoms with Gasteiger partial charge in [0.05, 0.1) is 0 Å². The van der Waals surface area contributed by atoms with Crippen LogP contribution < -0.4 is 11.1 Å². The first-order chi connectivity index (χ1) is 9.11. The van der Waals surface area contributed by atoms with Crippen LogP contribution in [0.5, 0.6) is 0 Å². The van der Waals surface area contributed by atoms with Gasteiger partial charge in [-0.05, 0) is 49.5 Å². The summed E-state index contributed by atoms with van der Waals surface area (Å²) in [6, 6.07) is 7.32. The number of hydrogen-bond donors (Lipinski definition) is 2. The Morgan fingerprint density at radius 3 is 2.53 bits per heavy atom. The van der Waals surface area contributed by atoms with Crippen molar-refractivity contribution in [3.8, 4) is 0 Å². The first-order valence-corrected chi connectivity index (χ1v) is 7.21. The number of amides is 1. The molecule has 1 amide bonds. The van der Waals surface area contributed by atoms with Crippen LogP contribution in [0.4, 0.5) is 0 Å². The SMILES string of the molecule is Cc1ccc(C(N)C(=O)NCC2(C3CC3)CC2)cc1. The van der Waals surface area contributed by atoms with E-state index in [1.165, 1.54) is 31.2 Å². The molecule has 2 aliphatic rings. The zero-order valence-electron chi connectivity index (χ0n) is 11.5. The van der Waals surface area contributed by atoms with Gasteiger partial charge in [-0.15, -0.1) is 0 Å². The van der Waals surface area contributed by atoms with Crippen molar-refractivity contribution >= 4 is 5.91 Å². The Bertz CT molecular complexity index is 472. The molecule has 3 rings (SSSR count). The van der Waals surface area contributed by atoms with Crippen LogP contribution in [-0.4, -0.2) is 12.5 Å². The molecule has 102 valence electrons. The first-order valence-electron chi connectivity index (χ1n) is 7.21. The molecule has 0 spiro atoms. The minimum absolute atomic E-state index is 0.0456. The molecule has 3 heteroatoms. The van der Waals surface area contributed by atoms with E-state index in [0.29, 0.717) is 5.41 Å². The lowest BCUT2D eigenvalue weighted by molar-refractivity contribution is -0.122. The number of aryl methyl sites for hydroxylation is 1. The number of nitrogens with two attached hydrogens (primary N) is 1. The van der Waals surface area contributed by atoms with E-state index in [1.54, 1.807) is 0 Å². The van der Waals surface area contributed by atoms with E-state index in [-0.39, 0.29) is 5.91 Å². The van der Waals surface area contributed by atoms with Crippen molar-refractivity contribution in [1.29, 1.82) is 0 Å². The van der Waals surface area contributed by atoms with E-state index in [4.69, 9.17) is 5.73 Å². The molecule has 0 aromatic heterocycles. The van der Waals surface area contributed by atoms with Crippen LogP contribution in [0.15, 0.2) is 24.3 Å². The number of carbonyl (C=O) groups is 1. The maximum Gasteiger partial charge on any atom is 0.241 e. The summed E-state index contributed by atoms with van der Waals surface area (Å²) in [6.45, 7) is 2.85. The van der Waals surface area contributed by atoms with E-state index in [1.807, 2.05) is 31.2 Å². The number of carbonyl (C=O) groups excluding carboxylic acids is 1. The van der Waals surface area contributed by atoms with Crippen LogP contribution in [0.3, 0.4) is 0 Å². The highest BCUT2D eigenvalue weighted by atomic mass is 16.2. The Labute approximate surface area is 114 Å². The van der Waals surface area contributed by atoms with Gasteiger partial charge in [-0.2, -0.15) is 0 Å². The van der Waals surface area contributed by atoms with Crippen LogP contribution in [0, 0.1) is 18.3 Å². The normalized spacial score (nSPS) is 21.8. The second-order valence-electron chi connectivity index (χ2n) is 6.24. The monoisotopic (exact) mass is 258 g/mol. The molecule has 1 unspecified atom stereocenters. The molecule has 1 atom stereocenters. The summed E-state index contributed by atoms with van der Waals surface area (Å²) < 4.78 is 0. The highest BCUT2D eigenvalue weighted by Crippen LogP contribution is 2.60. The van der Waals surface area contributed by atoms with Gasteiger partial charge in [0.1, 0.15) is 6.04 Å². The van der Waals surface area contributed by atoms with Gasteiger partial charge in [-0.25, -0.2) is 0 Å². The summed E-state index contributed by atoms with van der Waals surface area (Å²) in [5.41, 5.74) is 8.52. The van der Waals surface area contributed by atoms with Gasteiger partial charge >= 0.3 is 0 Å². The summed E-state index contributed by atoms with van der Waals surface area (Å²) in [7, 11) is 0. The zero-order valence-corrected chi connectivity index (χ0v) is 11.5. The van der Waals surface area contributed by atoms with Crippen LogP contribution in [0.25, 0.3) is 0 Å². The highest BCUT2D eigenvalue weighted by Gasteiger charge is 2.53. The standard InChI is InChI=1S/C16H22N2O/c1-11-2-4-12(5-3-11)14(17)15(19)18-10-16(8-9-16)13-6-7-13/h2-5,13-14H,6-10,17H2,1H3,(H,18,19). The van der Waals surface area contributed by atoms with Crippen LogP contribution in [0.2, 0.25) is 0 Å². The van der Waals surface area contributed by atoms with Crippen LogP contribution >= 0.6 is 0 Å². The fraction of sp³-hybridized carbons (Fsp3) is 0.562. The molecule has 0 saturated heterocycles. The lowest BCUT2D eigenvalue weighted by atomic mass is 10.00. The molecule has 0 heterocycles. The average Bonchev–Trinajstić information content (AvgIpc) is 3.28. The molecular weight excluding hydrogens is 236 g/mol. The maximum atomic E-state index is 12.1. The molecule has 2 aliphatic carbocycles. The van der Waals surface area contributed by atoms with Crippen molar-refractivity contribution in [2.24, 2.45) is 17.1 Å². The van der Waals surface area contributed by atoms with Gasteiger partial charge in [0.25, 0.3) is 0 Å². The molecule has 3 nitrogen and oxygen atoms in total. The average molecular weight is 258 g/mol. The summed E-state index contributed by atoms with van der Waals surface area (Å²) in [5.74, 6) is 0.819. The second kappa shape index (κ2) is 4.64. The molecule has 1 aromatic carbocycles. The number of nitrogens with one attached hydrogen (secondary N) is 1. The van der Waals surface area contributed by atoms with E-state index in [9.17, 15) is 4.79 Å². The van der Waals surface area contributed by atoms with Crippen molar-refractivity contribution in [3.05, 3.63) is 35.4 Å². The fourth-order valence-corrected chi connectivity index (χ4v) is 2.88. The van der Waals surface area contributed by atoms with Crippen molar-refractivity contribution in [3.63, 3.8) is 0 Å². The predicted octanol–water partition coefficient (Wildman–Crippen LogP) is 2.30. The van der Waals surface area contributed by atoms with Crippen molar-refractivity contribution in [1.82, 2.24) is 5.32 Å². The first kappa shape index (κ1) is 12.7. The second-order valence-corrected chi connectivity index (χ2v) is 6.24. The number of benzene rings is 1. The van der Waals surface area contributed by atoms with Crippen molar-refractivity contribution < 1.29 is 4.79 Å².